The first-order chi connectivity index (χ1) is 13.3. The molecule has 2 aromatic heterocycles. The fraction of sp³-hybridized carbons (Fsp3) is 0.318. The maximum absolute atomic E-state index is 13.3. The molecule has 1 fully saturated rings. The van der Waals surface area contributed by atoms with E-state index in [9.17, 15) is 4.79 Å². The Morgan fingerprint density at radius 3 is 2.74 bits per heavy atom. The molecule has 5 heteroatoms. The summed E-state index contributed by atoms with van der Waals surface area (Å²) in [5, 5.41) is 0.891. The lowest BCUT2D eigenvalue weighted by molar-refractivity contribution is 0.0146. The Bertz CT molecular complexity index is 935. The van der Waals surface area contributed by atoms with Gasteiger partial charge in [0.15, 0.2) is 0 Å². The number of rotatable bonds is 4. The molecular formula is C22H23N3O2. The lowest BCUT2D eigenvalue weighted by atomic mass is 10.0. The zero-order chi connectivity index (χ0) is 18.6. The summed E-state index contributed by atoms with van der Waals surface area (Å²) < 4.78 is 5.71. The highest BCUT2D eigenvalue weighted by molar-refractivity contribution is 6.07. The van der Waals surface area contributed by atoms with E-state index in [1.165, 1.54) is 0 Å². The smallest absolute Gasteiger partial charge is 0.254 e. The highest BCUT2D eigenvalue weighted by Gasteiger charge is 2.25. The number of pyridine rings is 2. The molecule has 1 saturated heterocycles. The van der Waals surface area contributed by atoms with Crippen LogP contribution in [0.3, 0.4) is 0 Å². The Morgan fingerprint density at radius 1 is 1.19 bits per heavy atom. The van der Waals surface area contributed by atoms with Crippen LogP contribution in [0.4, 0.5) is 0 Å². The topological polar surface area (TPSA) is 55.3 Å². The molecule has 1 aliphatic heterocycles. The minimum Gasteiger partial charge on any atom is -0.378 e. The van der Waals surface area contributed by atoms with Crippen molar-refractivity contribution in [2.45, 2.75) is 25.9 Å². The molecule has 1 aromatic carbocycles. The minimum atomic E-state index is 0.0636. The molecule has 0 saturated carbocycles. The zero-order valence-electron chi connectivity index (χ0n) is 15.5. The molecular weight excluding hydrogens is 338 g/mol. The fourth-order valence-corrected chi connectivity index (χ4v) is 3.65. The second-order valence-corrected chi connectivity index (χ2v) is 6.76. The van der Waals surface area contributed by atoms with E-state index in [0.29, 0.717) is 5.56 Å². The van der Waals surface area contributed by atoms with Gasteiger partial charge in [-0.05, 0) is 44.0 Å². The third kappa shape index (κ3) is 3.69. The molecule has 0 radical (unpaired) electrons. The van der Waals surface area contributed by atoms with Gasteiger partial charge in [0, 0.05) is 43.0 Å². The van der Waals surface area contributed by atoms with Gasteiger partial charge in [-0.3, -0.25) is 9.78 Å². The van der Waals surface area contributed by atoms with E-state index in [-0.39, 0.29) is 12.0 Å². The maximum Gasteiger partial charge on any atom is 0.254 e. The lowest BCUT2D eigenvalue weighted by Gasteiger charge is -2.32. The largest absolute Gasteiger partial charge is 0.378 e. The summed E-state index contributed by atoms with van der Waals surface area (Å²) in [6, 6.07) is 13.6. The number of nitrogens with zero attached hydrogens (tertiary/aromatic N) is 3. The fourth-order valence-electron chi connectivity index (χ4n) is 3.65. The molecule has 0 N–H and O–H groups in total. The van der Waals surface area contributed by atoms with E-state index in [4.69, 9.17) is 9.72 Å². The van der Waals surface area contributed by atoms with Crippen LogP contribution >= 0.6 is 0 Å². The highest BCUT2D eigenvalue weighted by Crippen LogP contribution is 2.26. The van der Waals surface area contributed by atoms with E-state index in [0.717, 1.165) is 54.7 Å². The Labute approximate surface area is 159 Å². The van der Waals surface area contributed by atoms with E-state index >= 15 is 0 Å². The van der Waals surface area contributed by atoms with Crippen LogP contribution in [0.5, 0.6) is 0 Å². The molecule has 3 aromatic rings. The number of aromatic nitrogens is 2. The van der Waals surface area contributed by atoms with E-state index in [1.807, 2.05) is 54.3 Å². The van der Waals surface area contributed by atoms with Crippen LogP contribution in [0, 0.1) is 0 Å². The predicted octanol–water partition coefficient (Wildman–Crippen LogP) is 3.94. The number of para-hydroxylation sites is 1. The maximum atomic E-state index is 13.3. The first-order valence-electron chi connectivity index (χ1n) is 9.47. The van der Waals surface area contributed by atoms with Crippen molar-refractivity contribution in [1.29, 1.82) is 0 Å². The van der Waals surface area contributed by atoms with Crippen molar-refractivity contribution in [3.05, 3.63) is 60.4 Å². The van der Waals surface area contributed by atoms with Crippen LogP contribution in [-0.4, -0.2) is 46.6 Å². The van der Waals surface area contributed by atoms with Gasteiger partial charge in [0.05, 0.1) is 22.9 Å². The van der Waals surface area contributed by atoms with Crippen molar-refractivity contribution in [2.24, 2.45) is 0 Å². The first kappa shape index (κ1) is 17.6. The number of benzene rings is 1. The highest BCUT2D eigenvalue weighted by atomic mass is 16.5. The SMILES string of the molecule is CCOC1CCN(C(=O)c2cc(-c3cccnc3)nc3ccccc23)CC1. The summed E-state index contributed by atoms with van der Waals surface area (Å²) in [5.74, 6) is 0.0636. The molecule has 1 amide bonds. The summed E-state index contributed by atoms with van der Waals surface area (Å²) in [5.41, 5.74) is 3.21. The molecule has 0 atom stereocenters. The summed E-state index contributed by atoms with van der Waals surface area (Å²) in [4.78, 5) is 24.2. The van der Waals surface area contributed by atoms with Crippen LogP contribution in [-0.2, 0) is 4.74 Å². The van der Waals surface area contributed by atoms with Crippen LogP contribution in [0.1, 0.15) is 30.1 Å². The minimum absolute atomic E-state index is 0.0636. The molecule has 0 spiro atoms. The average molecular weight is 361 g/mol. The number of carbonyl (C=O) groups excluding carboxylic acids is 1. The van der Waals surface area contributed by atoms with Gasteiger partial charge in [0.25, 0.3) is 5.91 Å². The van der Waals surface area contributed by atoms with Gasteiger partial charge >= 0.3 is 0 Å². The molecule has 3 heterocycles. The average Bonchev–Trinajstić information content (AvgIpc) is 2.74. The van der Waals surface area contributed by atoms with E-state index in [2.05, 4.69) is 4.98 Å². The number of hydrogen-bond acceptors (Lipinski definition) is 4. The summed E-state index contributed by atoms with van der Waals surface area (Å²) in [6.45, 7) is 4.19. The number of fused-ring (bicyclic) bond motifs is 1. The van der Waals surface area contributed by atoms with Gasteiger partial charge in [0.2, 0.25) is 0 Å². The van der Waals surface area contributed by atoms with Crippen molar-refractivity contribution in [3.63, 3.8) is 0 Å². The van der Waals surface area contributed by atoms with Crippen LogP contribution in [0.25, 0.3) is 22.2 Å². The van der Waals surface area contributed by atoms with E-state index in [1.54, 1.807) is 12.4 Å². The number of carbonyl (C=O) groups is 1. The number of likely N-dealkylation sites (tertiary alicyclic amines) is 1. The Morgan fingerprint density at radius 2 is 2.00 bits per heavy atom. The summed E-state index contributed by atoms with van der Waals surface area (Å²) in [6.07, 6.45) is 5.55. The molecule has 0 aliphatic carbocycles. The summed E-state index contributed by atoms with van der Waals surface area (Å²) in [7, 11) is 0. The third-order valence-electron chi connectivity index (χ3n) is 5.04. The molecule has 0 unspecified atom stereocenters. The van der Waals surface area contributed by atoms with Crippen molar-refractivity contribution in [2.75, 3.05) is 19.7 Å². The third-order valence-corrected chi connectivity index (χ3v) is 5.04. The van der Waals surface area contributed by atoms with Crippen LogP contribution in [0.2, 0.25) is 0 Å². The normalized spacial score (nSPS) is 15.2. The number of ether oxygens (including phenoxy) is 1. The van der Waals surface area contributed by atoms with Gasteiger partial charge in [-0.15, -0.1) is 0 Å². The summed E-state index contributed by atoms with van der Waals surface area (Å²) >= 11 is 0. The lowest BCUT2D eigenvalue weighted by Crippen LogP contribution is -2.41. The van der Waals surface area contributed by atoms with Crippen molar-refractivity contribution < 1.29 is 9.53 Å². The Kier molecular flexibility index (Phi) is 5.12. The van der Waals surface area contributed by atoms with Crippen molar-refractivity contribution >= 4 is 16.8 Å². The quantitative estimate of drug-likeness (QED) is 0.706. The second kappa shape index (κ2) is 7.84. The van der Waals surface area contributed by atoms with Gasteiger partial charge < -0.3 is 9.64 Å². The van der Waals surface area contributed by atoms with Crippen LogP contribution < -0.4 is 0 Å². The van der Waals surface area contributed by atoms with Crippen molar-refractivity contribution in [1.82, 2.24) is 14.9 Å². The number of piperidine rings is 1. The molecule has 27 heavy (non-hydrogen) atoms. The number of amides is 1. The van der Waals surface area contributed by atoms with Gasteiger partial charge in [0.1, 0.15) is 0 Å². The van der Waals surface area contributed by atoms with Gasteiger partial charge in [-0.25, -0.2) is 4.98 Å². The number of hydrogen-bond donors (Lipinski definition) is 0. The monoisotopic (exact) mass is 361 g/mol. The predicted molar refractivity (Wildman–Crippen MR) is 106 cm³/mol. The molecule has 5 nitrogen and oxygen atoms in total. The van der Waals surface area contributed by atoms with Crippen molar-refractivity contribution in [3.8, 4) is 11.3 Å². The molecule has 4 rings (SSSR count). The second-order valence-electron chi connectivity index (χ2n) is 6.76. The first-order valence-corrected chi connectivity index (χ1v) is 9.47. The Balaban J connectivity index is 1.69. The van der Waals surface area contributed by atoms with Crippen LogP contribution in [0.15, 0.2) is 54.9 Å². The molecule has 138 valence electrons. The Hall–Kier alpha value is -2.79. The molecule has 1 aliphatic rings. The molecule has 0 bridgehead atoms. The van der Waals surface area contributed by atoms with Gasteiger partial charge in [-0.1, -0.05) is 18.2 Å². The van der Waals surface area contributed by atoms with Gasteiger partial charge in [-0.2, -0.15) is 0 Å². The van der Waals surface area contributed by atoms with E-state index < -0.39 is 0 Å². The standard InChI is InChI=1S/C22H23N3O2/c1-2-27-17-9-12-25(13-10-17)22(26)19-14-21(16-6-5-11-23-15-16)24-20-8-4-3-7-18(19)20/h3-8,11,14-15,17H,2,9-10,12-13H2,1H3. The zero-order valence-corrected chi connectivity index (χ0v) is 15.5.